The Morgan fingerprint density at radius 3 is 3.00 bits per heavy atom. The van der Waals surface area contributed by atoms with Crippen molar-refractivity contribution in [3.05, 3.63) is 34.8 Å². The fourth-order valence-corrected chi connectivity index (χ4v) is 2.34. The zero-order chi connectivity index (χ0) is 14.5. The molecule has 2 N–H and O–H groups in total. The minimum Gasteiger partial charge on any atom is -0.480 e. The molecule has 2 rings (SSSR count). The van der Waals surface area contributed by atoms with Gasteiger partial charge >= 0.3 is 12.0 Å². The number of carbonyl (C=O) groups is 2. The van der Waals surface area contributed by atoms with E-state index in [9.17, 15) is 9.59 Å². The third-order valence-corrected chi connectivity index (χ3v) is 3.36. The van der Waals surface area contributed by atoms with Crippen molar-refractivity contribution >= 4 is 29.0 Å². The summed E-state index contributed by atoms with van der Waals surface area (Å²) in [4.78, 5) is 25.1. The standard InChI is InChI=1S/C12H14N4O3S/c1-15(7-10-3-2-4-20-10)12(19)14-9-5-13-16(6-9)8-11(17)18/h2-6H,7-8H2,1H3,(H,14,19)(H,17,18). The largest absolute Gasteiger partial charge is 0.480 e. The van der Waals surface area contributed by atoms with Gasteiger partial charge in [0.05, 0.1) is 18.4 Å². The second-order valence-corrected chi connectivity index (χ2v) is 5.22. The van der Waals surface area contributed by atoms with E-state index in [4.69, 9.17) is 5.11 Å². The summed E-state index contributed by atoms with van der Waals surface area (Å²) in [7, 11) is 1.69. The number of nitrogens with zero attached hydrogens (tertiary/aromatic N) is 3. The average Bonchev–Trinajstić information content (AvgIpc) is 3.00. The first kappa shape index (κ1) is 14.1. The number of anilines is 1. The SMILES string of the molecule is CN(Cc1cccs1)C(=O)Nc1cnn(CC(=O)O)c1. The number of urea groups is 1. The van der Waals surface area contributed by atoms with Gasteiger partial charge in [0.15, 0.2) is 0 Å². The lowest BCUT2D eigenvalue weighted by Gasteiger charge is -2.16. The Hall–Kier alpha value is -2.35. The van der Waals surface area contributed by atoms with Gasteiger partial charge in [-0.3, -0.25) is 9.48 Å². The molecule has 0 unspecified atom stereocenters. The Morgan fingerprint density at radius 2 is 2.35 bits per heavy atom. The van der Waals surface area contributed by atoms with Gasteiger partial charge in [-0.25, -0.2) is 4.79 Å². The highest BCUT2D eigenvalue weighted by atomic mass is 32.1. The number of hydrogen-bond acceptors (Lipinski definition) is 4. The van der Waals surface area contributed by atoms with Crippen molar-refractivity contribution in [1.29, 1.82) is 0 Å². The van der Waals surface area contributed by atoms with Crippen molar-refractivity contribution in [2.24, 2.45) is 0 Å². The van der Waals surface area contributed by atoms with Gasteiger partial charge < -0.3 is 15.3 Å². The summed E-state index contributed by atoms with van der Waals surface area (Å²) in [6.45, 7) is 0.285. The lowest BCUT2D eigenvalue weighted by Crippen LogP contribution is -2.30. The van der Waals surface area contributed by atoms with E-state index in [2.05, 4.69) is 10.4 Å². The third kappa shape index (κ3) is 3.82. The van der Waals surface area contributed by atoms with Crippen LogP contribution in [0.25, 0.3) is 0 Å². The van der Waals surface area contributed by atoms with Crippen molar-refractivity contribution in [2.45, 2.75) is 13.1 Å². The topological polar surface area (TPSA) is 87.5 Å². The fourth-order valence-electron chi connectivity index (χ4n) is 1.58. The molecule has 2 amide bonds. The Balaban J connectivity index is 1.90. The molecule has 0 aliphatic rings. The number of aromatic nitrogens is 2. The number of carboxylic acid groups (broad SMARTS) is 1. The summed E-state index contributed by atoms with van der Waals surface area (Å²) in [5, 5.41) is 17.1. The molecule has 0 saturated heterocycles. The van der Waals surface area contributed by atoms with Crippen molar-refractivity contribution < 1.29 is 14.7 Å². The quantitative estimate of drug-likeness (QED) is 0.878. The molecule has 0 aromatic carbocycles. The van der Waals surface area contributed by atoms with Gasteiger partial charge in [-0.2, -0.15) is 5.10 Å². The lowest BCUT2D eigenvalue weighted by molar-refractivity contribution is -0.137. The number of nitrogens with one attached hydrogen (secondary N) is 1. The minimum absolute atomic E-state index is 0.235. The molecule has 0 atom stereocenters. The van der Waals surface area contributed by atoms with Gasteiger partial charge in [-0.05, 0) is 11.4 Å². The summed E-state index contributed by atoms with van der Waals surface area (Å²) in [6.07, 6.45) is 2.89. The smallest absolute Gasteiger partial charge is 0.325 e. The van der Waals surface area contributed by atoms with Crippen LogP contribution in [-0.2, 0) is 17.9 Å². The Labute approximate surface area is 119 Å². The summed E-state index contributed by atoms with van der Waals surface area (Å²) in [6, 6.07) is 3.62. The predicted molar refractivity (Wildman–Crippen MR) is 74.7 cm³/mol. The number of carboxylic acids is 1. The number of hydrogen-bond donors (Lipinski definition) is 2. The fraction of sp³-hybridized carbons (Fsp3) is 0.250. The summed E-state index contributed by atoms with van der Waals surface area (Å²) in [5.74, 6) is -0.985. The van der Waals surface area contributed by atoms with Gasteiger partial charge in [0, 0.05) is 18.1 Å². The number of thiophene rings is 1. The third-order valence-electron chi connectivity index (χ3n) is 2.50. The number of aliphatic carboxylic acids is 1. The number of rotatable bonds is 5. The Bertz CT molecular complexity index is 594. The van der Waals surface area contributed by atoms with Crippen LogP contribution in [0.4, 0.5) is 10.5 Å². The average molecular weight is 294 g/mol. The van der Waals surface area contributed by atoms with Crippen LogP contribution in [0.5, 0.6) is 0 Å². The van der Waals surface area contributed by atoms with Crippen molar-refractivity contribution in [2.75, 3.05) is 12.4 Å². The van der Waals surface area contributed by atoms with Crippen LogP contribution in [0.3, 0.4) is 0 Å². The summed E-state index contributed by atoms with van der Waals surface area (Å²) in [5.41, 5.74) is 0.467. The normalized spacial score (nSPS) is 10.2. The van der Waals surface area contributed by atoms with Crippen LogP contribution in [0.1, 0.15) is 4.88 Å². The van der Waals surface area contributed by atoms with Crippen LogP contribution < -0.4 is 5.32 Å². The van der Waals surface area contributed by atoms with E-state index in [1.165, 1.54) is 17.1 Å². The van der Waals surface area contributed by atoms with E-state index in [0.717, 1.165) is 4.88 Å². The second-order valence-electron chi connectivity index (χ2n) is 4.19. The first-order chi connectivity index (χ1) is 9.54. The zero-order valence-electron chi connectivity index (χ0n) is 10.8. The maximum absolute atomic E-state index is 11.9. The molecule has 8 heteroatoms. The number of carbonyl (C=O) groups excluding carboxylic acids is 1. The highest BCUT2D eigenvalue weighted by molar-refractivity contribution is 7.09. The van der Waals surface area contributed by atoms with E-state index in [0.29, 0.717) is 12.2 Å². The monoisotopic (exact) mass is 294 g/mol. The molecule has 20 heavy (non-hydrogen) atoms. The lowest BCUT2D eigenvalue weighted by atomic mass is 10.4. The van der Waals surface area contributed by atoms with Crippen LogP contribution in [0, 0.1) is 0 Å². The molecule has 106 valence electrons. The van der Waals surface area contributed by atoms with Gasteiger partial charge in [0.2, 0.25) is 0 Å². The van der Waals surface area contributed by atoms with Gasteiger partial charge in [-0.1, -0.05) is 6.07 Å². The van der Waals surface area contributed by atoms with Crippen LogP contribution in [0.15, 0.2) is 29.9 Å². The zero-order valence-corrected chi connectivity index (χ0v) is 11.6. The first-order valence-corrected chi connectivity index (χ1v) is 6.71. The molecule has 0 saturated carbocycles. The van der Waals surface area contributed by atoms with Crippen LogP contribution in [-0.4, -0.2) is 38.8 Å². The predicted octanol–water partition coefficient (Wildman–Crippen LogP) is 1.69. The molecule has 0 radical (unpaired) electrons. The molecule has 0 aliphatic heterocycles. The van der Waals surface area contributed by atoms with Gasteiger partial charge in [0.25, 0.3) is 0 Å². The summed E-state index contributed by atoms with van der Waals surface area (Å²) >= 11 is 1.58. The number of amides is 2. The molecular formula is C12H14N4O3S. The molecule has 2 heterocycles. The molecular weight excluding hydrogens is 280 g/mol. The van der Waals surface area contributed by atoms with Gasteiger partial charge in [-0.15, -0.1) is 11.3 Å². The molecule has 7 nitrogen and oxygen atoms in total. The maximum Gasteiger partial charge on any atom is 0.325 e. The van der Waals surface area contributed by atoms with E-state index < -0.39 is 5.97 Å². The Morgan fingerprint density at radius 1 is 1.55 bits per heavy atom. The minimum atomic E-state index is -0.985. The van der Waals surface area contributed by atoms with E-state index in [1.807, 2.05) is 17.5 Å². The summed E-state index contributed by atoms with van der Waals surface area (Å²) < 4.78 is 1.25. The molecule has 0 spiro atoms. The molecule has 2 aromatic heterocycles. The second kappa shape index (κ2) is 6.20. The Kier molecular flexibility index (Phi) is 4.36. The van der Waals surface area contributed by atoms with E-state index in [-0.39, 0.29) is 12.6 Å². The van der Waals surface area contributed by atoms with E-state index >= 15 is 0 Å². The maximum atomic E-state index is 11.9. The van der Waals surface area contributed by atoms with Crippen LogP contribution in [0.2, 0.25) is 0 Å². The van der Waals surface area contributed by atoms with Crippen LogP contribution >= 0.6 is 11.3 Å². The first-order valence-electron chi connectivity index (χ1n) is 5.83. The highest BCUT2D eigenvalue weighted by Gasteiger charge is 2.11. The van der Waals surface area contributed by atoms with Crippen molar-refractivity contribution in [1.82, 2.24) is 14.7 Å². The molecule has 0 bridgehead atoms. The molecule has 0 aliphatic carbocycles. The van der Waals surface area contributed by atoms with E-state index in [1.54, 1.807) is 23.3 Å². The van der Waals surface area contributed by atoms with Crippen molar-refractivity contribution in [3.8, 4) is 0 Å². The molecule has 2 aromatic rings. The van der Waals surface area contributed by atoms with Gasteiger partial charge in [0.1, 0.15) is 6.54 Å². The highest BCUT2D eigenvalue weighted by Crippen LogP contribution is 2.12. The molecule has 0 fully saturated rings. The van der Waals surface area contributed by atoms with Crippen molar-refractivity contribution in [3.63, 3.8) is 0 Å².